The van der Waals surface area contributed by atoms with Crippen LogP contribution in [-0.2, 0) is 28.6 Å². The Hall–Kier alpha value is -3.93. The SMILES string of the molecule is CC/C=C\C/C=C\C/C=C\C/C=C\C/C=C\CCCCCCCCCCCCCCCCCCCCCC(=O)OCC(COC(=O)CC/C=C\C/C=C\C/C=C\C/C=C\CC)OC(=O)CCCCCCCCCCCCCCCC. The van der Waals surface area contributed by atoms with Crippen LogP contribution in [0.3, 0.4) is 0 Å². The quantitative estimate of drug-likeness (QED) is 0.0261. The zero-order valence-electron chi connectivity index (χ0n) is 52.6. The summed E-state index contributed by atoms with van der Waals surface area (Å²) in [5.41, 5.74) is 0. The minimum atomic E-state index is -0.804. The van der Waals surface area contributed by atoms with Crippen molar-refractivity contribution in [1.82, 2.24) is 0 Å². The smallest absolute Gasteiger partial charge is 0.306 e. The van der Waals surface area contributed by atoms with Crippen LogP contribution >= 0.6 is 0 Å². The van der Waals surface area contributed by atoms with Gasteiger partial charge >= 0.3 is 17.9 Å². The highest BCUT2D eigenvalue weighted by atomic mass is 16.6. The minimum Gasteiger partial charge on any atom is -0.462 e. The summed E-state index contributed by atoms with van der Waals surface area (Å²) in [6.45, 7) is 6.37. The van der Waals surface area contributed by atoms with Crippen molar-refractivity contribution in [3.63, 3.8) is 0 Å². The molecule has 458 valence electrons. The van der Waals surface area contributed by atoms with Crippen LogP contribution in [0.1, 0.15) is 323 Å². The van der Waals surface area contributed by atoms with Crippen molar-refractivity contribution in [3.05, 3.63) is 109 Å². The molecule has 0 saturated heterocycles. The summed E-state index contributed by atoms with van der Waals surface area (Å²) in [6.07, 6.45) is 92.9. The second-order valence-electron chi connectivity index (χ2n) is 22.3. The predicted molar refractivity (Wildman–Crippen MR) is 348 cm³/mol. The van der Waals surface area contributed by atoms with E-state index in [4.69, 9.17) is 14.2 Å². The van der Waals surface area contributed by atoms with Crippen molar-refractivity contribution in [2.75, 3.05) is 13.2 Å². The van der Waals surface area contributed by atoms with E-state index >= 15 is 0 Å². The molecule has 0 N–H and O–H groups in total. The molecule has 0 rings (SSSR count). The fourth-order valence-corrected chi connectivity index (χ4v) is 9.55. The van der Waals surface area contributed by atoms with Gasteiger partial charge in [0.1, 0.15) is 13.2 Å². The molecule has 0 amide bonds. The Balaban J connectivity index is 4.12. The lowest BCUT2D eigenvalue weighted by atomic mass is 10.0. The first-order valence-electron chi connectivity index (χ1n) is 33.9. The van der Waals surface area contributed by atoms with Gasteiger partial charge in [-0.15, -0.1) is 0 Å². The highest BCUT2D eigenvalue weighted by molar-refractivity contribution is 5.71. The van der Waals surface area contributed by atoms with E-state index < -0.39 is 6.10 Å². The van der Waals surface area contributed by atoms with Gasteiger partial charge in [0.2, 0.25) is 0 Å². The maximum Gasteiger partial charge on any atom is 0.306 e. The summed E-state index contributed by atoms with van der Waals surface area (Å²) in [4.78, 5) is 38.2. The first-order chi connectivity index (χ1) is 39.5. The van der Waals surface area contributed by atoms with Crippen LogP contribution in [-0.4, -0.2) is 37.2 Å². The van der Waals surface area contributed by atoms with Gasteiger partial charge in [0.05, 0.1) is 0 Å². The van der Waals surface area contributed by atoms with Crippen LogP contribution in [0.2, 0.25) is 0 Å². The molecule has 0 aromatic carbocycles. The molecule has 0 saturated carbocycles. The van der Waals surface area contributed by atoms with E-state index in [9.17, 15) is 14.4 Å². The molecule has 6 heteroatoms. The third kappa shape index (κ3) is 64.9. The molecule has 0 bridgehead atoms. The molecule has 1 unspecified atom stereocenters. The maximum absolute atomic E-state index is 12.9. The number of hydrogen-bond acceptors (Lipinski definition) is 6. The molecular weight excluding hydrogens is 985 g/mol. The van der Waals surface area contributed by atoms with Gasteiger partial charge in [-0.2, -0.15) is 0 Å². The molecule has 0 aromatic heterocycles. The van der Waals surface area contributed by atoms with E-state index in [1.807, 2.05) is 6.08 Å². The Morgan fingerprint density at radius 1 is 0.263 bits per heavy atom. The molecule has 80 heavy (non-hydrogen) atoms. The number of rotatable bonds is 61. The van der Waals surface area contributed by atoms with Crippen molar-refractivity contribution in [3.8, 4) is 0 Å². The van der Waals surface area contributed by atoms with Crippen LogP contribution in [0.15, 0.2) is 109 Å². The molecule has 0 aliphatic heterocycles. The zero-order valence-corrected chi connectivity index (χ0v) is 52.6. The Bertz CT molecular complexity index is 1610. The molecule has 1 atom stereocenters. The standard InChI is InChI=1S/C74H126O6/c1-4-7-10-13-16-19-22-25-27-28-29-30-31-32-33-34-35-36-37-38-39-40-41-42-43-44-45-46-47-50-52-55-58-61-64-67-73(76)79-70-71(69-78-72(75)66-63-60-57-54-51-48-24-21-18-15-12-9-6-3)80-74(77)68-65-62-59-56-53-49-26-23-20-17-14-11-8-5-2/h7,9-10,12,16,18-19,21,25,27,29-30,32-33,48,51,57,60,71H,4-6,8,11,13-15,17,20,22-24,26,28,31,34-47,49-50,52-56,58-59,61-70H2,1-3H3/b10-7-,12-9-,19-16-,21-18-,27-25-,30-29-,33-32-,51-48-,60-57-. The highest BCUT2D eigenvalue weighted by Gasteiger charge is 2.19. The van der Waals surface area contributed by atoms with Gasteiger partial charge in [-0.25, -0.2) is 0 Å². The van der Waals surface area contributed by atoms with Crippen LogP contribution in [0.25, 0.3) is 0 Å². The largest absolute Gasteiger partial charge is 0.462 e. The van der Waals surface area contributed by atoms with E-state index in [1.54, 1.807) is 0 Å². The highest BCUT2D eigenvalue weighted by Crippen LogP contribution is 2.17. The number of hydrogen-bond donors (Lipinski definition) is 0. The van der Waals surface area contributed by atoms with Gasteiger partial charge in [0, 0.05) is 19.3 Å². The van der Waals surface area contributed by atoms with E-state index in [0.29, 0.717) is 19.3 Å². The van der Waals surface area contributed by atoms with Crippen LogP contribution in [0.5, 0.6) is 0 Å². The molecule has 0 heterocycles. The van der Waals surface area contributed by atoms with Crippen molar-refractivity contribution >= 4 is 17.9 Å². The van der Waals surface area contributed by atoms with E-state index in [1.165, 1.54) is 180 Å². The number of carbonyl (C=O) groups excluding carboxylic acids is 3. The summed E-state index contributed by atoms with van der Waals surface area (Å²) in [6, 6.07) is 0. The average molecular weight is 1110 g/mol. The lowest BCUT2D eigenvalue weighted by Gasteiger charge is -2.18. The first-order valence-corrected chi connectivity index (χ1v) is 33.9. The second kappa shape index (κ2) is 67.6. The zero-order chi connectivity index (χ0) is 57.8. The number of carbonyl (C=O) groups is 3. The van der Waals surface area contributed by atoms with Gasteiger partial charge in [-0.3, -0.25) is 14.4 Å². The predicted octanol–water partition coefficient (Wildman–Crippen LogP) is 23.4. The van der Waals surface area contributed by atoms with Crippen molar-refractivity contribution in [2.45, 2.75) is 329 Å². The fraction of sp³-hybridized carbons (Fsp3) is 0.716. The molecule has 0 aliphatic carbocycles. The lowest BCUT2D eigenvalue weighted by molar-refractivity contribution is -0.166. The number of ether oxygens (including phenoxy) is 3. The Kier molecular flexibility index (Phi) is 64.3. The van der Waals surface area contributed by atoms with Gasteiger partial charge in [-0.1, -0.05) is 323 Å². The van der Waals surface area contributed by atoms with Crippen molar-refractivity contribution < 1.29 is 28.6 Å². The third-order valence-electron chi connectivity index (χ3n) is 14.5. The summed E-state index contributed by atoms with van der Waals surface area (Å²) < 4.78 is 16.8. The van der Waals surface area contributed by atoms with Gasteiger partial charge in [0.25, 0.3) is 0 Å². The molecule has 0 fully saturated rings. The molecule has 0 radical (unpaired) electrons. The van der Waals surface area contributed by atoms with Gasteiger partial charge < -0.3 is 14.2 Å². The monoisotopic (exact) mass is 1110 g/mol. The first kappa shape index (κ1) is 76.1. The molecule has 6 nitrogen and oxygen atoms in total. The third-order valence-corrected chi connectivity index (χ3v) is 14.5. The fourth-order valence-electron chi connectivity index (χ4n) is 9.55. The van der Waals surface area contributed by atoms with E-state index in [2.05, 4.69) is 124 Å². The minimum absolute atomic E-state index is 0.0955. The summed E-state index contributed by atoms with van der Waals surface area (Å²) >= 11 is 0. The maximum atomic E-state index is 12.9. The summed E-state index contributed by atoms with van der Waals surface area (Å²) in [7, 11) is 0. The topological polar surface area (TPSA) is 78.9 Å². The molecule has 0 spiro atoms. The number of unbranched alkanes of at least 4 members (excludes halogenated alkanes) is 32. The van der Waals surface area contributed by atoms with Gasteiger partial charge in [0.15, 0.2) is 6.10 Å². The number of esters is 3. The number of allylic oxidation sites excluding steroid dienone is 18. The van der Waals surface area contributed by atoms with Gasteiger partial charge in [-0.05, 0) is 89.9 Å². The van der Waals surface area contributed by atoms with Crippen molar-refractivity contribution in [1.29, 1.82) is 0 Å². The normalized spacial score (nSPS) is 12.8. The summed E-state index contributed by atoms with van der Waals surface area (Å²) in [5, 5.41) is 0. The van der Waals surface area contributed by atoms with Crippen LogP contribution in [0, 0.1) is 0 Å². The summed E-state index contributed by atoms with van der Waals surface area (Å²) in [5.74, 6) is -0.968. The molecule has 0 aliphatic rings. The van der Waals surface area contributed by atoms with Crippen LogP contribution in [0.4, 0.5) is 0 Å². The van der Waals surface area contributed by atoms with Crippen molar-refractivity contribution in [2.24, 2.45) is 0 Å². The molecule has 0 aromatic rings. The van der Waals surface area contributed by atoms with E-state index in [0.717, 1.165) is 96.3 Å². The Morgan fingerprint density at radius 2 is 0.512 bits per heavy atom. The second-order valence-corrected chi connectivity index (χ2v) is 22.3. The molecular formula is C74H126O6. The van der Waals surface area contributed by atoms with Crippen LogP contribution < -0.4 is 0 Å². The Labute approximate surface area is 495 Å². The lowest BCUT2D eigenvalue weighted by Crippen LogP contribution is -2.30. The van der Waals surface area contributed by atoms with E-state index in [-0.39, 0.29) is 37.5 Å². The Morgan fingerprint density at radius 3 is 0.838 bits per heavy atom. The average Bonchev–Trinajstić information content (AvgIpc) is 3.46.